The van der Waals surface area contributed by atoms with Gasteiger partial charge in [-0.05, 0) is 106 Å². The van der Waals surface area contributed by atoms with E-state index in [4.69, 9.17) is 0 Å². The fourth-order valence-corrected chi connectivity index (χ4v) is 12.3. The van der Waals surface area contributed by atoms with Crippen molar-refractivity contribution in [3.63, 3.8) is 0 Å². The highest BCUT2D eigenvalue weighted by Gasteiger charge is 2.63. The lowest BCUT2D eigenvalue weighted by Gasteiger charge is -2.61. The van der Waals surface area contributed by atoms with Crippen molar-refractivity contribution < 1.29 is 35.9 Å². The summed E-state index contributed by atoms with van der Waals surface area (Å²) in [6.45, 7) is 8.62. The zero-order chi connectivity index (χ0) is 32.0. The van der Waals surface area contributed by atoms with Gasteiger partial charge in [0.25, 0.3) is 0 Å². The Bertz CT molecular complexity index is 1410. The van der Waals surface area contributed by atoms with Crippen molar-refractivity contribution in [3.05, 3.63) is 29.8 Å². The molecule has 1 saturated heterocycles. The average molecular weight is 643 g/mol. The molecule has 1 aliphatic heterocycles. The summed E-state index contributed by atoms with van der Waals surface area (Å²) in [5.74, 6) is 0.948. The summed E-state index contributed by atoms with van der Waals surface area (Å²) < 4.78 is 83.9. The highest BCUT2D eigenvalue weighted by Crippen LogP contribution is 2.66. The first kappa shape index (κ1) is 32.4. The first-order valence-electron chi connectivity index (χ1n) is 16.2. The second-order valence-corrected chi connectivity index (χ2v) is 17.2. The van der Waals surface area contributed by atoms with Crippen LogP contribution in [-0.4, -0.2) is 72.0 Å². The van der Waals surface area contributed by atoms with Crippen LogP contribution in [0.1, 0.15) is 84.6 Å². The number of hydrogen-bond acceptors (Lipinski definition) is 5. The van der Waals surface area contributed by atoms with E-state index in [-0.39, 0.29) is 29.7 Å². The van der Waals surface area contributed by atoms with Crippen molar-refractivity contribution in [2.75, 3.05) is 19.6 Å². The molecule has 1 N–H and O–H groups in total. The van der Waals surface area contributed by atoms with Crippen LogP contribution in [0.3, 0.4) is 0 Å². The van der Waals surface area contributed by atoms with Gasteiger partial charge >= 0.3 is 6.18 Å². The quantitative estimate of drug-likeness (QED) is 0.403. The van der Waals surface area contributed by atoms with E-state index in [0.29, 0.717) is 50.1 Å². The van der Waals surface area contributed by atoms with Gasteiger partial charge in [-0.15, -0.1) is 0 Å². The zero-order valence-electron chi connectivity index (χ0n) is 26.1. The molecule has 0 amide bonds. The first-order valence-corrected chi connectivity index (χ1v) is 17.7. The number of ketones is 1. The topological polar surface area (TPSA) is 77.9 Å². The molecule has 2 unspecified atom stereocenters. The highest BCUT2D eigenvalue weighted by molar-refractivity contribution is 7.89. The SMILES string of the molecule is CC1CN(S(=O)(=O)c2ccccc2C(F)(F)F)C(C)CN1C[C@@]1(O)CC[C@@]2(C)[C@@H](CC[C@@H]3[C@@H]2CC[C@]2(C)C(=O)[C@H](F)C[C@@H]32)C1. The number of β-amino-alcohol motifs (C(OH)–C–C–N with tert-alkyl or cyclic N) is 1. The maximum Gasteiger partial charge on any atom is 0.417 e. The number of hydrogen-bond donors (Lipinski definition) is 1. The number of alkyl halides is 4. The Morgan fingerprint density at radius 2 is 1.68 bits per heavy atom. The van der Waals surface area contributed by atoms with Crippen molar-refractivity contribution in [1.82, 2.24) is 9.21 Å². The zero-order valence-corrected chi connectivity index (χ0v) is 26.9. The Hall–Kier alpha value is -1.56. The van der Waals surface area contributed by atoms with Crippen molar-refractivity contribution in [2.45, 2.75) is 114 Å². The number of sulfonamides is 1. The van der Waals surface area contributed by atoms with Crippen molar-refractivity contribution in [3.8, 4) is 0 Å². The van der Waals surface area contributed by atoms with Crippen LogP contribution >= 0.6 is 0 Å². The molecule has 246 valence electrons. The fourth-order valence-electron chi connectivity index (χ4n) is 10.4. The van der Waals surface area contributed by atoms with Crippen LogP contribution in [0.15, 0.2) is 29.2 Å². The molecule has 6 nitrogen and oxygen atoms in total. The highest BCUT2D eigenvalue weighted by atomic mass is 32.2. The summed E-state index contributed by atoms with van der Waals surface area (Å²) in [4.78, 5) is 14.1. The van der Waals surface area contributed by atoms with Gasteiger partial charge in [0.05, 0.1) is 16.1 Å². The molecule has 4 aliphatic carbocycles. The molecule has 0 spiro atoms. The lowest BCUT2D eigenvalue weighted by atomic mass is 9.44. The lowest BCUT2D eigenvalue weighted by molar-refractivity contribution is -0.159. The van der Waals surface area contributed by atoms with E-state index in [1.807, 2.05) is 13.8 Å². The summed E-state index contributed by atoms with van der Waals surface area (Å²) in [6, 6.07) is 3.45. The van der Waals surface area contributed by atoms with E-state index >= 15 is 0 Å². The van der Waals surface area contributed by atoms with Gasteiger partial charge in [-0.3, -0.25) is 9.69 Å². The van der Waals surface area contributed by atoms with Gasteiger partial charge in [0, 0.05) is 37.1 Å². The van der Waals surface area contributed by atoms with E-state index in [1.165, 1.54) is 16.4 Å². The normalized spacial score (nSPS) is 43.8. The molecule has 0 radical (unpaired) electrons. The number of piperazine rings is 1. The number of rotatable bonds is 4. The first-order chi connectivity index (χ1) is 20.4. The predicted molar refractivity (Wildman–Crippen MR) is 158 cm³/mol. The maximum absolute atomic E-state index is 14.6. The van der Waals surface area contributed by atoms with Gasteiger partial charge in [0.1, 0.15) is 0 Å². The van der Waals surface area contributed by atoms with E-state index in [1.54, 1.807) is 6.92 Å². The Morgan fingerprint density at radius 3 is 2.39 bits per heavy atom. The number of halogens is 4. The molecule has 5 aliphatic rings. The predicted octanol–water partition coefficient (Wildman–Crippen LogP) is 6.08. The third-order valence-electron chi connectivity index (χ3n) is 12.9. The van der Waals surface area contributed by atoms with Crippen molar-refractivity contribution in [2.24, 2.45) is 34.5 Å². The van der Waals surface area contributed by atoms with Crippen LogP contribution in [0.4, 0.5) is 17.6 Å². The van der Waals surface area contributed by atoms with Gasteiger partial charge in [0.15, 0.2) is 12.0 Å². The van der Waals surface area contributed by atoms with Crippen LogP contribution in [0, 0.1) is 34.5 Å². The number of carbonyl (C=O) groups is 1. The third-order valence-corrected chi connectivity index (χ3v) is 14.9. The molecule has 1 aromatic carbocycles. The monoisotopic (exact) mass is 642 g/mol. The van der Waals surface area contributed by atoms with Gasteiger partial charge in [-0.2, -0.15) is 17.5 Å². The fraction of sp³-hybridized carbons (Fsp3) is 0.788. The average Bonchev–Trinajstić information content (AvgIpc) is 3.18. The van der Waals surface area contributed by atoms with E-state index in [2.05, 4.69) is 11.8 Å². The molecule has 6 rings (SSSR count). The van der Waals surface area contributed by atoms with E-state index in [0.717, 1.165) is 44.2 Å². The number of carbonyl (C=O) groups excluding carboxylic acids is 1. The molecule has 44 heavy (non-hydrogen) atoms. The minimum atomic E-state index is -4.79. The molecule has 11 heteroatoms. The van der Waals surface area contributed by atoms with Crippen LogP contribution in [0.25, 0.3) is 0 Å². The Kier molecular flexibility index (Phi) is 7.90. The largest absolute Gasteiger partial charge is 0.417 e. The summed E-state index contributed by atoms with van der Waals surface area (Å²) >= 11 is 0. The molecule has 0 bridgehead atoms. The number of Topliss-reactive ketones (excluding diaryl/α,β-unsaturated/α-hetero) is 1. The number of fused-ring (bicyclic) bond motifs is 5. The van der Waals surface area contributed by atoms with Gasteiger partial charge < -0.3 is 5.11 Å². The molecular weight excluding hydrogens is 596 g/mol. The summed E-state index contributed by atoms with van der Waals surface area (Å²) in [7, 11) is -4.40. The smallest absolute Gasteiger partial charge is 0.389 e. The third kappa shape index (κ3) is 5.07. The van der Waals surface area contributed by atoms with E-state index < -0.39 is 49.9 Å². The minimum absolute atomic E-state index is 0.0193. The second-order valence-electron chi connectivity index (χ2n) is 15.3. The van der Waals surface area contributed by atoms with Crippen LogP contribution in [-0.2, 0) is 21.0 Å². The molecule has 0 aromatic heterocycles. The molecule has 1 aromatic rings. The van der Waals surface area contributed by atoms with Crippen molar-refractivity contribution >= 4 is 15.8 Å². The summed E-state index contributed by atoms with van der Waals surface area (Å²) in [6.07, 6.45) is -0.154. The molecule has 10 atom stereocenters. The number of aliphatic hydroxyl groups is 1. The standard InChI is InChI=1S/C33H46F4N2O4S/c1-20-18-39(44(42,43)28-8-6-5-7-25(28)33(35,36)37)21(2)17-38(20)19-32(41)14-13-30(3)22(16-32)9-10-23-24(30)11-12-31(4)26(23)15-27(34)29(31)40/h5-8,20-24,26-27,41H,9-19H2,1-4H3/t20?,21?,22-,23+,24-,26-,27+,30-,31-,32+/m0/s1. The van der Waals surface area contributed by atoms with Gasteiger partial charge in [-0.1, -0.05) is 26.0 Å². The molecule has 4 saturated carbocycles. The molecular formula is C33H46F4N2O4S. The second kappa shape index (κ2) is 10.7. The van der Waals surface area contributed by atoms with Crippen LogP contribution in [0.5, 0.6) is 0 Å². The Morgan fingerprint density at radius 1 is 0.977 bits per heavy atom. The lowest BCUT2D eigenvalue weighted by Crippen LogP contribution is -2.62. The van der Waals surface area contributed by atoms with Gasteiger partial charge in [-0.25, -0.2) is 12.8 Å². The van der Waals surface area contributed by atoms with Crippen LogP contribution in [0.2, 0.25) is 0 Å². The van der Waals surface area contributed by atoms with Crippen LogP contribution < -0.4 is 0 Å². The summed E-state index contributed by atoms with van der Waals surface area (Å²) in [5.41, 5.74) is -2.64. The minimum Gasteiger partial charge on any atom is -0.389 e. The Balaban J connectivity index is 1.14. The van der Waals surface area contributed by atoms with Gasteiger partial charge in [0.2, 0.25) is 10.0 Å². The molecule has 5 fully saturated rings. The number of benzene rings is 1. The number of nitrogens with zero attached hydrogens (tertiary/aromatic N) is 2. The summed E-state index contributed by atoms with van der Waals surface area (Å²) in [5, 5.41) is 12.0. The molecule has 1 heterocycles. The van der Waals surface area contributed by atoms with Crippen molar-refractivity contribution in [1.29, 1.82) is 0 Å². The maximum atomic E-state index is 14.6. The van der Waals surface area contributed by atoms with E-state index in [9.17, 15) is 35.9 Å². The Labute approximate surface area is 258 Å².